The van der Waals surface area contributed by atoms with E-state index in [4.69, 9.17) is 0 Å². The minimum Gasteiger partial charge on any atom is -0.258 e. The smallest absolute Gasteiger partial charge is 0.258 e. The van der Waals surface area contributed by atoms with E-state index in [1.807, 2.05) is 0 Å². The number of sulfonamides is 1. The average molecular weight is 402 g/mol. The van der Waals surface area contributed by atoms with E-state index in [-0.39, 0.29) is 27.8 Å². The van der Waals surface area contributed by atoms with Crippen LogP contribution in [0.2, 0.25) is 0 Å². The SMILES string of the molecule is CCN(CC)S(=O)(=O)c1ccc(Sc2cc(F)ccc2F)c([N+](=O)[O-])c1. The van der Waals surface area contributed by atoms with Crippen LogP contribution < -0.4 is 0 Å². The minimum absolute atomic E-state index is 0.0120. The van der Waals surface area contributed by atoms with E-state index in [2.05, 4.69) is 0 Å². The van der Waals surface area contributed by atoms with E-state index in [1.54, 1.807) is 13.8 Å². The molecule has 0 aliphatic heterocycles. The zero-order chi connectivity index (χ0) is 19.5. The van der Waals surface area contributed by atoms with Gasteiger partial charge in [0.25, 0.3) is 5.69 Å². The van der Waals surface area contributed by atoms with Gasteiger partial charge in [-0.05, 0) is 30.3 Å². The summed E-state index contributed by atoms with van der Waals surface area (Å²) in [5.41, 5.74) is -0.494. The van der Waals surface area contributed by atoms with Gasteiger partial charge in [0.05, 0.1) is 19.6 Å². The van der Waals surface area contributed by atoms with E-state index in [1.165, 1.54) is 16.4 Å². The fraction of sp³-hybridized carbons (Fsp3) is 0.250. The molecule has 0 aliphatic rings. The monoisotopic (exact) mass is 402 g/mol. The van der Waals surface area contributed by atoms with Crippen LogP contribution in [0.4, 0.5) is 14.5 Å². The van der Waals surface area contributed by atoms with Gasteiger partial charge in [-0.25, -0.2) is 17.2 Å². The van der Waals surface area contributed by atoms with Crippen LogP contribution in [0.5, 0.6) is 0 Å². The second kappa shape index (κ2) is 8.11. The van der Waals surface area contributed by atoms with Crippen molar-refractivity contribution in [3.63, 3.8) is 0 Å². The largest absolute Gasteiger partial charge is 0.284 e. The first kappa shape index (κ1) is 20.3. The van der Waals surface area contributed by atoms with Gasteiger partial charge in [-0.2, -0.15) is 4.31 Å². The Kier molecular flexibility index (Phi) is 6.32. The Morgan fingerprint density at radius 2 is 1.73 bits per heavy atom. The highest BCUT2D eigenvalue weighted by Gasteiger charge is 2.26. The summed E-state index contributed by atoms with van der Waals surface area (Å²) in [5.74, 6) is -1.41. The molecule has 0 fully saturated rings. The Morgan fingerprint density at radius 1 is 1.08 bits per heavy atom. The molecule has 0 aromatic heterocycles. The zero-order valence-electron chi connectivity index (χ0n) is 14.0. The van der Waals surface area contributed by atoms with Crippen LogP contribution >= 0.6 is 11.8 Å². The number of hydrogen-bond acceptors (Lipinski definition) is 5. The summed E-state index contributed by atoms with van der Waals surface area (Å²) >= 11 is 0.657. The van der Waals surface area contributed by atoms with Gasteiger partial charge in [-0.1, -0.05) is 25.6 Å². The second-order valence-electron chi connectivity index (χ2n) is 5.15. The summed E-state index contributed by atoms with van der Waals surface area (Å²) in [6.45, 7) is 3.76. The molecule has 6 nitrogen and oxygen atoms in total. The van der Waals surface area contributed by atoms with Gasteiger partial charge in [-0.15, -0.1) is 0 Å². The normalized spacial score (nSPS) is 11.7. The molecule has 0 bridgehead atoms. The van der Waals surface area contributed by atoms with Crippen LogP contribution in [0, 0.1) is 21.7 Å². The van der Waals surface area contributed by atoms with Crippen LogP contribution in [-0.2, 0) is 10.0 Å². The summed E-state index contributed by atoms with van der Waals surface area (Å²) in [5, 5.41) is 11.4. The molecule has 0 unspecified atom stereocenters. The summed E-state index contributed by atoms with van der Waals surface area (Å²) < 4.78 is 53.3. The quantitative estimate of drug-likeness (QED) is 0.515. The number of benzene rings is 2. The fourth-order valence-corrected chi connectivity index (χ4v) is 4.70. The predicted molar refractivity (Wildman–Crippen MR) is 93.7 cm³/mol. The first-order chi connectivity index (χ1) is 12.2. The fourth-order valence-electron chi connectivity index (χ4n) is 2.27. The number of rotatable bonds is 7. The van der Waals surface area contributed by atoms with Crippen LogP contribution in [0.3, 0.4) is 0 Å². The molecule has 0 amide bonds. The molecule has 2 aromatic rings. The molecule has 0 saturated carbocycles. The molecule has 0 N–H and O–H groups in total. The summed E-state index contributed by atoms with van der Waals surface area (Å²) in [7, 11) is -3.88. The Bertz CT molecular complexity index is 932. The molecule has 26 heavy (non-hydrogen) atoms. The number of hydrogen-bond donors (Lipinski definition) is 0. The summed E-state index contributed by atoms with van der Waals surface area (Å²) in [6.07, 6.45) is 0. The standard InChI is InChI=1S/C16H16F2N2O4S2/c1-3-19(4-2)26(23,24)12-6-8-15(14(10-12)20(21)22)25-16-9-11(17)5-7-13(16)18/h5-10H,3-4H2,1-2H3. The molecular weight excluding hydrogens is 386 g/mol. The molecule has 0 spiro atoms. The second-order valence-corrected chi connectivity index (χ2v) is 8.17. The highest BCUT2D eigenvalue weighted by molar-refractivity contribution is 7.99. The molecular formula is C16H16F2N2O4S2. The lowest BCUT2D eigenvalue weighted by Gasteiger charge is -2.18. The van der Waals surface area contributed by atoms with E-state index in [0.29, 0.717) is 11.8 Å². The number of nitrogens with zero attached hydrogens (tertiary/aromatic N) is 2. The van der Waals surface area contributed by atoms with Gasteiger partial charge in [0.15, 0.2) is 0 Å². The molecule has 0 heterocycles. The van der Waals surface area contributed by atoms with Crippen molar-refractivity contribution < 1.29 is 22.1 Å². The predicted octanol–water partition coefficient (Wildman–Crippen LogP) is 4.05. The minimum atomic E-state index is -3.88. The molecule has 10 heteroatoms. The van der Waals surface area contributed by atoms with E-state index in [9.17, 15) is 27.3 Å². The van der Waals surface area contributed by atoms with Gasteiger partial charge >= 0.3 is 0 Å². The lowest BCUT2D eigenvalue weighted by Crippen LogP contribution is -2.30. The third-order valence-electron chi connectivity index (χ3n) is 3.58. The van der Waals surface area contributed by atoms with E-state index >= 15 is 0 Å². The molecule has 2 aromatic carbocycles. The summed E-state index contributed by atoms with van der Waals surface area (Å²) in [6, 6.07) is 6.16. The molecule has 0 aliphatic carbocycles. The van der Waals surface area contributed by atoms with Gasteiger partial charge in [-0.3, -0.25) is 10.1 Å². The van der Waals surface area contributed by atoms with Crippen LogP contribution in [0.25, 0.3) is 0 Å². The maximum atomic E-state index is 13.8. The van der Waals surface area contributed by atoms with Crippen molar-refractivity contribution in [2.45, 2.75) is 28.5 Å². The molecule has 0 saturated heterocycles. The number of nitro benzene ring substituents is 1. The van der Waals surface area contributed by atoms with Crippen molar-refractivity contribution in [1.82, 2.24) is 4.31 Å². The Labute approximate surface area is 154 Å². The Morgan fingerprint density at radius 3 is 2.31 bits per heavy atom. The molecule has 0 radical (unpaired) electrons. The van der Waals surface area contributed by atoms with Crippen molar-refractivity contribution in [3.05, 3.63) is 58.1 Å². The van der Waals surface area contributed by atoms with Crippen LogP contribution in [0.15, 0.2) is 51.1 Å². The van der Waals surface area contributed by atoms with Crippen molar-refractivity contribution in [3.8, 4) is 0 Å². The van der Waals surface area contributed by atoms with Gasteiger partial charge in [0.2, 0.25) is 10.0 Å². The van der Waals surface area contributed by atoms with Crippen molar-refractivity contribution in [2.75, 3.05) is 13.1 Å². The zero-order valence-corrected chi connectivity index (χ0v) is 15.6. The van der Waals surface area contributed by atoms with E-state index in [0.717, 1.165) is 24.3 Å². The van der Waals surface area contributed by atoms with Crippen molar-refractivity contribution in [1.29, 1.82) is 0 Å². The van der Waals surface area contributed by atoms with Crippen LogP contribution in [0.1, 0.15) is 13.8 Å². The van der Waals surface area contributed by atoms with Crippen molar-refractivity contribution >= 4 is 27.5 Å². The maximum Gasteiger partial charge on any atom is 0.284 e. The van der Waals surface area contributed by atoms with E-state index < -0.39 is 32.3 Å². The first-order valence-corrected chi connectivity index (χ1v) is 9.87. The Balaban J connectivity index is 2.50. The molecule has 140 valence electrons. The van der Waals surface area contributed by atoms with Gasteiger partial charge in [0.1, 0.15) is 11.6 Å². The van der Waals surface area contributed by atoms with Gasteiger partial charge in [0, 0.05) is 19.2 Å². The number of halogens is 2. The number of nitro groups is 1. The molecule has 2 rings (SSSR count). The lowest BCUT2D eigenvalue weighted by molar-refractivity contribution is -0.388. The molecule has 0 atom stereocenters. The first-order valence-electron chi connectivity index (χ1n) is 7.62. The summed E-state index contributed by atoms with van der Waals surface area (Å²) in [4.78, 5) is 10.3. The van der Waals surface area contributed by atoms with Crippen molar-refractivity contribution in [2.24, 2.45) is 0 Å². The lowest BCUT2D eigenvalue weighted by atomic mass is 10.3. The maximum absolute atomic E-state index is 13.8. The highest BCUT2D eigenvalue weighted by atomic mass is 32.2. The highest BCUT2D eigenvalue weighted by Crippen LogP contribution is 2.37. The topological polar surface area (TPSA) is 80.5 Å². The van der Waals surface area contributed by atoms with Crippen LogP contribution in [-0.4, -0.2) is 30.7 Å². The average Bonchev–Trinajstić information content (AvgIpc) is 2.59. The third-order valence-corrected chi connectivity index (χ3v) is 6.73. The Hall–Kier alpha value is -2.04. The van der Waals surface area contributed by atoms with Gasteiger partial charge < -0.3 is 0 Å². The third kappa shape index (κ3) is 4.19.